The van der Waals surface area contributed by atoms with E-state index in [1.165, 1.54) is 5.92 Å². The molecular formula is C11H26Y-2. The molecule has 0 fully saturated rings. The molecule has 0 aliphatic heterocycles. The zero-order valence-corrected chi connectivity index (χ0v) is 13.1. The van der Waals surface area contributed by atoms with Crippen molar-refractivity contribution in [1.82, 2.24) is 0 Å². The molecule has 0 heterocycles. The van der Waals surface area contributed by atoms with Crippen LogP contribution in [0.5, 0.6) is 0 Å². The first kappa shape index (κ1) is 23.2. The third-order valence-electron chi connectivity index (χ3n) is 1.15. The topological polar surface area (TPSA) is 0 Å². The van der Waals surface area contributed by atoms with Crippen LogP contribution < -0.4 is 0 Å². The Kier molecular flexibility index (Phi) is 43.9. The molecule has 0 amide bonds. The molecule has 0 aromatic rings. The van der Waals surface area contributed by atoms with Gasteiger partial charge in [-0.05, 0) is 0 Å². The van der Waals surface area contributed by atoms with Crippen molar-refractivity contribution in [2.75, 3.05) is 0 Å². The summed E-state index contributed by atoms with van der Waals surface area (Å²) in [5.74, 6) is 2.28. The average molecular weight is 247 g/mol. The summed E-state index contributed by atoms with van der Waals surface area (Å²) < 4.78 is 0. The molecule has 1 radical (unpaired) electrons. The molecule has 0 spiro atoms. The molecule has 12 heavy (non-hydrogen) atoms. The number of hydrogen-bond acceptors (Lipinski definition) is 0. The Balaban J connectivity index is -0.0000000462. The monoisotopic (exact) mass is 247 g/mol. The minimum absolute atomic E-state index is 0. The Bertz CT molecular complexity index is 34.3. The van der Waals surface area contributed by atoms with Gasteiger partial charge in [-0.25, -0.2) is 0 Å². The molecule has 0 unspecified atom stereocenters. The van der Waals surface area contributed by atoms with E-state index in [-0.39, 0.29) is 32.7 Å². The van der Waals surface area contributed by atoms with E-state index >= 15 is 0 Å². The quantitative estimate of drug-likeness (QED) is 0.598. The summed E-state index contributed by atoms with van der Waals surface area (Å²) >= 11 is 0. The van der Waals surface area contributed by atoms with Gasteiger partial charge in [0.2, 0.25) is 0 Å². The summed E-state index contributed by atoms with van der Waals surface area (Å²) in [6.45, 7) is 16.7. The Morgan fingerprint density at radius 1 is 1.00 bits per heavy atom. The van der Waals surface area contributed by atoms with Gasteiger partial charge in [0.15, 0.2) is 0 Å². The molecule has 0 bridgehead atoms. The molecule has 0 atom stereocenters. The van der Waals surface area contributed by atoms with Crippen LogP contribution in [0.1, 0.15) is 55.4 Å². The molecule has 0 aliphatic carbocycles. The summed E-state index contributed by atoms with van der Waals surface area (Å²) in [7, 11) is 0. The molecule has 75 valence electrons. The van der Waals surface area contributed by atoms with E-state index in [9.17, 15) is 0 Å². The van der Waals surface area contributed by atoms with E-state index in [1.807, 2.05) is 34.1 Å². The molecule has 0 saturated carbocycles. The third kappa shape index (κ3) is 43.5. The first-order chi connectivity index (χ1) is 5.06. The molecule has 0 saturated heterocycles. The summed E-state index contributed by atoms with van der Waals surface area (Å²) in [4.78, 5) is 0. The second-order valence-electron chi connectivity index (χ2n) is 2.81. The largest absolute Gasteiger partial charge is 0.335 e. The van der Waals surface area contributed by atoms with Crippen LogP contribution in [0, 0.1) is 18.3 Å². The van der Waals surface area contributed by atoms with Crippen LogP contribution in [0.2, 0.25) is 0 Å². The van der Waals surface area contributed by atoms with Gasteiger partial charge in [0.25, 0.3) is 0 Å². The maximum atomic E-state index is 2.20. The van der Waals surface area contributed by atoms with Crippen molar-refractivity contribution in [1.29, 1.82) is 0 Å². The van der Waals surface area contributed by atoms with Crippen LogP contribution in [0.15, 0.2) is 0 Å². The van der Waals surface area contributed by atoms with Gasteiger partial charge in [-0.15, -0.1) is 0 Å². The van der Waals surface area contributed by atoms with Crippen molar-refractivity contribution in [2.24, 2.45) is 5.92 Å². The van der Waals surface area contributed by atoms with Gasteiger partial charge in [-0.1, -0.05) is 27.7 Å². The molecular weight excluding hydrogens is 221 g/mol. The van der Waals surface area contributed by atoms with Crippen molar-refractivity contribution in [3.05, 3.63) is 12.3 Å². The van der Waals surface area contributed by atoms with Gasteiger partial charge in [-0.2, -0.15) is 33.6 Å². The van der Waals surface area contributed by atoms with Crippen LogP contribution >= 0.6 is 0 Å². The normalized spacial score (nSPS) is 7.50. The van der Waals surface area contributed by atoms with E-state index in [4.69, 9.17) is 0 Å². The predicted molar refractivity (Wildman–Crippen MR) is 56.4 cm³/mol. The zero-order valence-electron chi connectivity index (χ0n) is 10.2. The number of hydrogen-bond donors (Lipinski definition) is 0. The first-order valence-corrected chi connectivity index (χ1v) is 4.60. The smallest absolute Gasteiger partial charge is 0 e. The molecule has 0 nitrogen and oxygen atoms in total. The van der Waals surface area contributed by atoms with Gasteiger partial charge < -0.3 is 12.3 Å². The van der Waals surface area contributed by atoms with E-state index in [0.717, 1.165) is 5.92 Å². The fraction of sp³-hybridized carbons (Fsp3) is 0.818. The Hall–Kier alpha value is 1.10. The SMILES string of the molecule is CC.C[C-](C)C(C)C.C[CH-]C.[Y]. The van der Waals surface area contributed by atoms with Crippen molar-refractivity contribution in [2.45, 2.75) is 55.4 Å². The minimum Gasteiger partial charge on any atom is -0.335 e. The molecule has 0 aliphatic rings. The second-order valence-corrected chi connectivity index (χ2v) is 2.81. The maximum absolute atomic E-state index is 2.20. The summed E-state index contributed by atoms with van der Waals surface area (Å²) in [5, 5.41) is 0. The fourth-order valence-electron chi connectivity index (χ4n) is 0. The van der Waals surface area contributed by atoms with Gasteiger partial charge in [0.1, 0.15) is 0 Å². The van der Waals surface area contributed by atoms with E-state index in [2.05, 4.69) is 27.7 Å². The van der Waals surface area contributed by atoms with Crippen molar-refractivity contribution < 1.29 is 32.7 Å². The summed E-state index contributed by atoms with van der Waals surface area (Å²) in [6, 6.07) is 0. The van der Waals surface area contributed by atoms with Crippen LogP contribution in [-0.4, -0.2) is 0 Å². The van der Waals surface area contributed by atoms with Crippen molar-refractivity contribution in [3.8, 4) is 0 Å². The van der Waals surface area contributed by atoms with E-state index in [1.54, 1.807) is 0 Å². The Morgan fingerprint density at radius 2 is 1.08 bits per heavy atom. The van der Waals surface area contributed by atoms with Crippen LogP contribution in [0.3, 0.4) is 0 Å². The molecule has 0 aromatic heterocycles. The molecule has 0 aromatic carbocycles. The Labute approximate surface area is 106 Å². The van der Waals surface area contributed by atoms with Gasteiger partial charge in [-0.3, -0.25) is 0 Å². The van der Waals surface area contributed by atoms with E-state index < -0.39 is 0 Å². The maximum Gasteiger partial charge on any atom is 0 e. The second kappa shape index (κ2) is 22.7. The Morgan fingerprint density at radius 3 is 1.08 bits per heavy atom. The summed E-state index contributed by atoms with van der Waals surface area (Å²) in [6.07, 6.45) is 2.00. The van der Waals surface area contributed by atoms with Crippen LogP contribution in [-0.2, 0) is 32.7 Å². The third-order valence-corrected chi connectivity index (χ3v) is 1.15. The molecule has 0 N–H and O–H groups in total. The van der Waals surface area contributed by atoms with Crippen LogP contribution in [0.25, 0.3) is 0 Å². The van der Waals surface area contributed by atoms with E-state index in [0.29, 0.717) is 0 Å². The van der Waals surface area contributed by atoms with Crippen molar-refractivity contribution >= 4 is 0 Å². The minimum atomic E-state index is 0. The molecule has 1 heteroatoms. The van der Waals surface area contributed by atoms with Crippen molar-refractivity contribution in [3.63, 3.8) is 0 Å². The average Bonchev–Trinajstić information content (AvgIpc) is 1.93. The summed E-state index contributed by atoms with van der Waals surface area (Å²) in [5.41, 5.74) is 0. The fourth-order valence-corrected chi connectivity index (χ4v) is 0. The standard InChI is InChI=1S/C6H13.C3H7.C2H6.Y/c1-5(2)6(3)4;1-3-2;1-2;/h5H,1-4H3;3H,1-2H3;1-2H3;/q2*-1;;. The number of rotatable bonds is 1. The predicted octanol–water partition coefficient (Wildman–Crippen LogP) is 4.51. The van der Waals surface area contributed by atoms with Crippen LogP contribution in [0.4, 0.5) is 0 Å². The molecule has 0 rings (SSSR count). The van der Waals surface area contributed by atoms with Gasteiger partial charge in [0.05, 0.1) is 0 Å². The van der Waals surface area contributed by atoms with Gasteiger partial charge >= 0.3 is 0 Å². The zero-order chi connectivity index (χ0) is 9.86. The first-order valence-electron chi connectivity index (χ1n) is 4.60. The van der Waals surface area contributed by atoms with Gasteiger partial charge in [0, 0.05) is 32.7 Å².